The zero-order valence-corrected chi connectivity index (χ0v) is 26.7. The Morgan fingerprint density at radius 3 is 2.30 bits per heavy atom. The van der Waals surface area contributed by atoms with Crippen molar-refractivity contribution in [2.45, 2.75) is 51.9 Å². The van der Waals surface area contributed by atoms with Crippen LogP contribution in [0.5, 0.6) is 5.75 Å². The van der Waals surface area contributed by atoms with Crippen LogP contribution >= 0.6 is 0 Å². The SMILES string of the molecule is CCN1CCOc2ccccc2C(=O)N[C@H](C(=O)NCc2cccc(CN3CCCC3=O)c2)CC(=O)N(Cc2ccccc2)CC1=O. The van der Waals surface area contributed by atoms with Crippen molar-refractivity contribution in [2.24, 2.45) is 0 Å². The molecule has 2 N–H and O–H groups in total. The summed E-state index contributed by atoms with van der Waals surface area (Å²) in [6.07, 6.45) is 1.06. The molecule has 3 aromatic carbocycles. The molecule has 2 heterocycles. The van der Waals surface area contributed by atoms with Crippen LogP contribution in [-0.2, 0) is 38.8 Å². The number of benzene rings is 3. The zero-order valence-electron chi connectivity index (χ0n) is 26.7. The quantitative estimate of drug-likeness (QED) is 0.390. The van der Waals surface area contributed by atoms with E-state index in [2.05, 4.69) is 10.6 Å². The number of hydrogen-bond acceptors (Lipinski definition) is 6. The number of amides is 5. The highest BCUT2D eigenvalue weighted by molar-refractivity contribution is 6.01. The third kappa shape index (κ3) is 8.96. The summed E-state index contributed by atoms with van der Waals surface area (Å²) in [4.78, 5) is 71.5. The molecular formula is C36H41N5O6. The summed E-state index contributed by atoms with van der Waals surface area (Å²) < 4.78 is 5.93. The van der Waals surface area contributed by atoms with E-state index in [0.717, 1.165) is 29.7 Å². The van der Waals surface area contributed by atoms with E-state index >= 15 is 0 Å². The maximum atomic E-state index is 13.9. The summed E-state index contributed by atoms with van der Waals surface area (Å²) >= 11 is 0. The number of ether oxygens (including phenoxy) is 1. The number of likely N-dealkylation sites (N-methyl/N-ethyl adjacent to an activating group) is 1. The predicted molar refractivity (Wildman–Crippen MR) is 175 cm³/mol. The van der Waals surface area contributed by atoms with Crippen LogP contribution in [0.3, 0.4) is 0 Å². The van der Waals surface area contributed by atoms with Gasteiger partial charge in [-0.05, 0) is 42.2 Å². The van der Waals surface area contributed by atoms with Crippen molar-refractivity contribution in [3.63, 3.8) is 0 Å². The minimum atomic E-state index is -1.23. The first-order chi connectivity index (χ1) is 22.8. The Kier molecular flexibility index (Phi) is 11.2. The molecule has 1 saturated heterocycles. The lowest BCUT2D eigenvalue weighted by atomic mass is 10.1. The second kappa shape index (κ2) is 15.9. The van der Waals surface area contributed by atoms with Gasteiger partial charge in [-0.3, -0.25) is 24.0 Å². The van der Waals surface area contributed by atoms with Crippen LogP contribution in [0.4, 0.5) is 0 Å². The van der Waals surface area contributed by atoms with Gasteiger partial charge in [0.15, 0.2) is 0 Å². The van der Waals surface area contributed by atoms with Crippen LogP contribution in [0.15, 0.2) is 78.9 Å². The minimum Gasteiger partial charge on any atom is -0.491 e. The van der Waals surface area contributed by atoms with Crippen LogP contribution in [0, 0.1) is 0 Å². The number of para-hydroxylation sites is 1. The van der Waals surface area contributed by atoms with Crippen molar-refractivity contribution < 1.29 is 28.7 Å². The molecule has 5 rings (SSSR count). The van der Waals surface area contributed by atoms with E-state index in [1.54, 1.807) is 29.2 Å². The van der Waals surface area contributed by atoms with Gasteiger partial charge >= 0.3 is 0 Å². The van der Waals surface area contributed by atoms with E-state index in [0.29, 0.717) is 25.3 Å². The van der Waals surface area contributed by atoms with E-state index in [1.165, 1.54) is 4.90 Å². The summed E-state index contributed by atoms with van der Waals surface area (Å²) in [6, 6.07) is 22.4. The molecule has 0 spiro atoms. The molecule has 246 valence electrons. The van der Waals surface area contributed by atoms with Crippen LogP contribution in [0.25, 0.3) is 0 Å². The lowest BCUT2D eigenvalue weighted by Gasteiger charge is -2.29. The molecule has 0 aliphatic carbocycles. The molecule has 2 aliphatic heterocycles. The maximum Gasteiger partial charge on any atom is 0.255 e. The van der Waals surface area contributed by atoms with Gasteiger partial charge in [0.2, 0.25) is 23.6 Å². The number of nitrogens with one attached hydrogen (secondary N) is 2. The number of likely N-dealkylation sites (tertiary alicyclic amines) is 1. The third-order valence-electron chi connectivity index (χ3n) is 8.38. The summed E-state index contributed by atoms with van der Waals surface area (Å²) in [5.41, 5.74) is 2.81. The Morgan fingerprint density at radius 2 is 1.53 bits per heavy atom. The number of hydrogen-bond donors (Lipinski definition) is 2. The van der Waals surface area contributed by atoms with Gasteiger partial charge in [0, 0.05) is 39.1 Å². The van der Waals surface area contributed by atoms with Crippen molar-refractivity contribution in [3.05, 3.63) is 101 Å². The molecule has 1 atom stereocenters. The Labute approximate surface area is 274 Å². The molecule has 3 aromatic rings. The fourth-order valence-electron chi connectivity index (χ4n) is 5.80. The van der Waals surface area contributed by atoms with Crippen molar-refractivity contribution in [1.29, 1.82) is 0 Å². The van der Waals surface area contributed by atoms with Gasteiger partial charge in [0.1, 0.15) is 24.9 Å². The summed E-state index contributed by atoms with van der Waals surface area (Å²) in [7, 11) is 0. The predicted octanol–water partition coefficient (Wildman–Crippen LogP) is 2.88. The Morgan fingerprint density at radius 1 is 0.809 bits per heavy atom. The average Bonchev–Trinajstić information content (AvgIpc) is 3.48. The average molecular weight is 640 g/mol. The first-order valence-corrected chi connectivity index (χ1v) is 16.1. The Hall–Kier alpha value is -5.19. The van der Waals surface area contributed by atoms with Gasteiger partial charge in [-0.25, -0.2) is 0 Å². The van der Waals surface area contributed by atoms with Crippen LogP contribution in [0.1, 0.15) is 53.2 Å². The number of nitrogens with zero attached hydrogens (tertiary/aromatic N) is 3. The molecule has 47 heavy (non-hydrogen) atoms. The monoisotopic (exact) mass is 639 g/mol. The normalized spacial score (nSPS) is 17.9. The third-order valence-corrected chi connectivity index (χ3v) is 8.38. The second-order valence-corrected chi connectivity index (χ2v) is 11.7. The van der Waals surface area contributed by atoms with Gasteiger partial charge in [0.05, 0.1) is 18.5 Å². The minimum absolute atomic E-state index is 0.135. The molecule has 2 aliphatic rings. The molecular weight excluding hydrogens is 598 g/mol. The van der Waals surface area contributed by atoms with Crippen molar-refractivity contribution in [3.8, 4) is 5.75 Å². The summed E-state index contributed by atoms with van der Waals surface area (Å²) in [6.45, 7) is 4.05. The molecule has 0 saturated carbocycles. The van der Waals surface area contributed by atoms with Gasteiger partial charge < -0.3 is 30.1 Å². The van der Waals surface area contributed by atoms with E-state index < -0.39 is 23.8 Å². The fraction of sp³-hybridized carbons (Fsp3) is 0.361. The number of rotatable bonds is 8. The molecule has 0 aromatic heterocycles. The molecule has 0 bridgehead atoms. The molecule has 0 unspecified atom stereocenters. The number of fused-ring (bicyclic) bond motifs is 1. The van der Waals surface area contributed by atoms with Gasteiger partial charge in [0.25, 0.3) is 5.91 Å². The molecule has 5 amide bonds. The van der Waals surface area contributed by atoms with Crippen molar-refractivity contribution in [1.82, 2.24) is 25.3 Å². The number of carbonyl (C=O) groups is 5. The fourth-order valence-corrected chi connectivity index (χ4v) is 5.80. The molecule has 11 nitrogen and oxygen atoms in total. The summed E-state index contributed by atoms with van der Waals surface area (Å²) in [5.74, 6) is -1.34. The van der Waals surface area contributed by atoms with Crippen LogP contribution in [-0.4, -0.2) is 83.1 Å². The van der Waals surface area contributed by atoms with Crippen molar-refractivity contribution in [2.75, 3.05) is 32.8 Å². The highest BCUT2D eigenvalue weighted by Crippen LogP contribution is 2.20. The standard InChI is InChI=1S/C36H41N5O6/c1-2-39-18-19-47-31-15-7-6-14-29(31)35(45)38-30(21-33(43)41(25-34(39)44)23-26-10-4-3-5-11-26)36(46)37-22-27-12-8-13-28(20-27)24-40-17-9-16-32(40)42/h3-8,10-15,20,30H,2,9,16-19,21-25H2,1H3,(H,37,46)(H,38,45)/t30-/m0/s1. The van der Waals surface area contributed by atoms with Gasteiger partial charge in [-0.1, -0.05) is 66.7 Å². The first kappa shape index (κ1) is 33.2. The maximum absolute atomic E-state index is 13.9. The van der Waals surface area contributed by atoms with Gasteiger partial charge in [-0.2, -0.15) is 0 Å². The highest BCUT2D eigenvalue weighted by Gasteiger charge is 2.30. The lowest BCUT2D eigenvalue weighted by molar-refractivity contribution is -0.142. The topological polar surface area (TPSA) is 128 Å². The Balaban J connectivity index is 1.37. The van der Waals surface area contributed by atoms with E-state index in [4.69, 9.17) is 4.74 Å². The Bertz CT molecular complexity index is 1600. The largest absolute Gasteiger partial charge is 0.491 e. The van der Waals surface area contributed by atoms with Gasteiger partial charge in [-0.15, -0.1) is 0 Å². The van der Waals surface area contributed by atoms with E-state index in [9.17, 15) is 24.0 Å². The zero-order chi connectivity index (χ0) is 33.2. The van der Waals surface area contributed by atoms with E-state index in [1.807, 2.05) is 66.4 Å². The summed E-state index contributed by atoms with van der Waals surface area (Å²) in [5, 5.41) is 5.63. The number of carbonyl (C=O) groups excluding carboxylic acids is 5. The molecule has 1 fully saturated rings. The van der Waals surface area contributed by atoms with Crippen LogP contribution in [0.2, 0.25) is 0 Å². The van der Waals surface area contributed by atoms with Crippen LogP contribution < -0.4 is 15.4 Å². The molecule has 11 heteroatoms. The second-order valence-electron chi connectivity index (χ2n) is 11.7. The lowest BCUT2D eigenvalue weighted by Crippen LogP contribution is -2.51. The smallest absolute Gasteiger partial charge is 0.255 e. The van der Waals surface area contributed by atoms with E-state index in [-0.39, 0.29) is 56.6 Å². The first-order valence-electron chi connectivity index (χ1n) is 16.1. The molecule has 0 radical (unpaired) electrons. The van der Waals surface area contributed by atoms with Crippen molar-refractivity contribution >= 4 is 29.5 Å². The highest BCUT2D eigenvalue weighted by atomic mass is 16.5.